The van der Waals surface area contributed by atoms with Gasteiger partial charge in [0.2, 0.25) is 5.91 Å². The van der Waals surface area contributed by atoms with E-state index < -0.39 is 0 Å². The zero-order valence-electron chi connectivity index (χ0n) is 18.8. The van der Waals surface area contributed by atoms with Gasteiger partial charge in [-0.1, -0.05) is 6.07 Å². The molecule has 0 spiro atoms. The minimum Gasteiger partial charge on any atom is -0.493 e. The highest BCUT2D eigenvalue weighted by Gasteiger charge is 2.33. The van der Waals surface area contributed by atoms with E-state index >= 15 is 0 Å². The van der Waals surface area contributed by atoms with Crippen LogP contribution in [0.5, 0.6) is 11.5 Å². The topological polar surface area (TPSA) is 60.0 Å². The largest absolute Gasteiger partial charge is 0.493 e. The highest BCUT2D eigenvalue weighted by Crippen LogP contribution is 2.29. The number of hydrogen-bond donors (Lipinski definition) is 1. The molecule has 162 valence electrons. The summed E-state index contributed by atoms with van der Waals surface area (Å²) in [5.41, 5.74) is 0.734. The summed E-state index contributed by atoms with van der Waals surface area (Å²) in [6.45, 7) is 14.7. The van der Waals surface area contributed by atoms with Crippen LogP contribution in [-0.2, 0) is 9.53 Å². The summed E-state index contributed by atoms with van der Waals surface area (Å²) in [6, 6.07) is 5.63. The van der Waals surface area contributed by atoms with Gasteiger partial charge in [-0.3, -0.25) is 9.69 Å². The normalized spacial score (nSPS) is 20.8. The van der Waals surface area contributed by atoms with Gasteiger partial charge in [-0.05, 0) is 65.3 Å². The van der Waals surface area contributed by atoms with Gasteiger partial charge in [0, 0.05) is 31.2 Å². The van der Waals surface area contributed by atoms with E-state index in [0.717, 1.165) is 18.7 Å². The van der Waals surface area contributed by atoms with Crippen LogP contribution in [0.25, 0.3) is 6.08 Å². The standard InChI is InChI=1S/C23H36N2O4/c1-16(2)28-20-10-8-19(12-21(20)27-7)9-11-22(26)24-15-23(5,6)25-13-17(3)29-18(4)14-25/h8-12,16-18H,13-15H2,1-7H3,(H,24,26)/b11-9+/t17-,18-/m0/s1. The molecule has 1 aliphatic heterocycles. The van der Waals surface area contributed by atoms with Crippen LogP contribution >= 0.6 is 0 Å². The third-order valence-electron chi connectivity index (χ3n) is 4.95. The average molecular weight is 405 g/mol. The fourth-order valence-corrected chi connectivity index (χ4v) is 3.46. The molecule has 1 saturated heterocycles. The van der Waals surface area contributed by atoms with Gasteiger partial charge < -0.3 is 19.5 Å². The summed E-state index contributed by atoms with van der Waals surface area (Å²) in [4.78, 5) is 14.7. The molecule has 1 heterocycles. The first-order valence-electron chi connectivity index (χ1n) is 10.3. The van der Waals surface area contributed by atoms with Crippen molar-refractivity contribution in [2.75, 3.05) is 26.7 Å². The Hall–Kier alpha value is -2.05. The number of nitrogens with one attached hydrogen (secondary N) is 1. The van der Waals surface area contributed by atoms with Gasteiger partial charge >= 0.3 is 0 Å². The third-order valence-corrected chi connectivity index (χ3v) is 4.95. The highest BCUT2D eigenvalue weighted by molar-refractivity contribution is 5.91. The minimum absolute atomic E-state index is 0.0665. The van der Waals surface area contributed by atoms with Gasteiger partial charge in [-0.25, -0.2) is 0 Å². The van der Waals surface area contributed by atoms with Gasteiger partial charge in [-0.15, -0.1) is 0 Å². The quantitative estimate of drug-likeness (QED) is 0.672. The molecule has 29 heavy (non-hydrogen) atoms. The average Bonchev–Trinajstić information content (AvgIpc) is 2.64. The molecular formula is C23H36N2O4. The molecule has 0 saturated carbocycles. The van der Waals surface area contributed by atoms with Crippen molar-refractivity contribution < 1.29 is 19.0 Å². The van der Waals surface area contributed by atoms with Gasteiger partial charge in [0.1, 0.15) is 0 Å². The molecule has 2 rings (SSSR count). The van der Waals surface area contributed by atoms with Gasteiger partial charge in [0.15, 0.2) is 11.5 Å². The maximum absolute atomic E-state index is 12.3. The lowest BCUT2D eigenvalue weighted by atomic mass is 10.00. The van der Waals surface area contributed by atoms with E-state index in [1.54, 1.807) is 19.3 Å². The second-order valence-corrected chi connectivity index (χ2v) is 8.60. The monoisotopic (exact) mass is 404 g/mol. The Bertz CT molecular complexity index is 705. The van der Waals surface area contributed by atoms with Crippen molar-refractivity contribution in [1.82, 2.24) is 10.2 Å². The Balaban J connectivity index is 1.93. The lowest BCUT2D eigenvalue weighted by Crippen LogP contribution is -2.58. The van der Waals surface area contributed by atoms with E-state index in [1.165, 1.54) is 0 Å². The van der Waals surface area contributed by atoms with E-state index in [-0.39, 0.29) is 29.8 Å². The van der Waals surface area contributed by atoms with Crippen LogP contribution in [0.4, 0.5) is 0 Å². The van der Waals surface area contributed by atoms with E-state index in [0.29, 0.717) is 18.0 Å². The van der Waals surface area contributed by atoms with Crippen LogP contribution in [0.15, 0.2) is 24.3 Å². The Labute approximate surface area is 175 Å². The van der Waals surface area contributed by atoms with Gasteiger partial charge in [0.05, 0.1) is 25.4 Å². The van der Waals surface area contributed by atoms with Gasteiger partial charge in [-0.2, -0.15) is 0 Å². The second-order valence-electron chi connectivity index (χ2n) is 8.60. The summed E-state index contributed by atoms with van der Waals surface area (Å²) < 4.78 is 16.9. The molecule has 0 aliphatic carbocycles. The fourth-order valence-electron chi connectivity index (χ4n) is 3.46. The number of rotatable bonds is 8. The highest BCUT2D eigenvalue weighted by atomic mass is 16.5. The first-order valence-corrected chi connectivity index (χ1v) is 10.3. The van der Waals surface area contributed by atoms with Crippen LogP contribution in [0.1, 0.15) is 47.1 Å². The molecule has 1 N–H and O–H groups in total. The third kappa shape index (κ3) is 7.05. The van der Waals surface area contributed by atoms with Crippen LogP contribution in [0.3, 0.4) is 0 Å². The van der Waals surface area contributed by atoms with Crippen molar-refractivity contribution in [3.05, 3.63) is 29.8 Å². The van der Waals surface area contributed by atoms with E-state index in [2.05, 4.69) is 37.9 Å². The molecule has 0 bridgehead atoms. The Morgan fingerprint density at radius 1 is 1.28 bits per heavy atom. The number of methoxy groups -OCH3 is 1. The van der Waals surface area contributed by atoms with Crippen molar-refractivity contribution in [2.45, 2.75) is 65.4 Å². The van der Waals surface area contributed by atoms with Gasteiger partial charge in [0.25, 0.3) is 0 Å². The predicted octanol–water partition coefficient (Wildman–Crippen LogP) is 3.50. The number of benzene rings is 1. The van der Waals surface area contributed by atoms with E-state index in [1.807, 2.05) is 32.0 Å². The summed E-state index contributed by atoms with van der Waals surface area (Å²) >= 11 is 0. The van der Waals surface area contributed by atoms with E-state index in [4.69, 9.17) is 14.2 Å². The first-order chi connectivity index (χ1) is 13.6. The molecule has 1 aromatic carbocycles. The van der Waals surface area contributed by atoms with Crippen LogP contribution in [0, 0.1) is 0 Å². The number of morpholine rings is 1. The lowest BCUT2D eigenvalue weighted by Gasteiger charge is -2.45. The molecule has 6 nitrogen and oxygen atoms in total. The molecule has 2 atom stereocenters. The van der Waals surface area contributed by atoms with Crippen LogP contribution in [0.2, 0.25) is 0 Å². The summed E-state index contributed by atoms with van der Waals surface area (Å²) in [5, 5.41) is 3.02. The van der Waals surface area contributed by atoms with Crippen molar-refractivity contribution in [3.8, 4) is 11.5 Å². The number of amides is 1. The fraction of sp³-hybridized carbons (Fsp3) is 0.609. The second kappa shape index (κ2) is 10.1. The maximum Gasteiger partial charge on any atom is 0.244 e. The predicted molar refractivity (Wildman–Crippen MR) is 116 cm³/mol. The van der Waals surface area contributed by atoms with Crippen molar-refractivity contribution in [2.24, 2.45) is 0 Å². The van der Waals surface area contributed by atoms with Crippen molar-refractivity contribution in [1.29, 1.82) is 0 Å². The van der Waals surface area contributed by atoms with E-state index in [9.17, 15) is 4.79 Å². The van der Waals surface area contributed by atoms with Crippen molar-refractivity contribution >= 4 is 12.0 Å². The summed E-state index contributed by atoms with van der Waals surface area (Å²) in [6.07, 6.45) is 3.80. The molecule has 0 radical (unpaired) electrons. The molecule has 0 unspecified atom stereocenters. The number of ether oxygens (including phenoxy) is 3. The summed E-state index contributed by atoms with van der Waals surface area (Å²) in [7, 11) is 1.61. The molecule has 1 aliphatic rings. The van der Waals surface area contributed by atoms with Crippen LogP contribution in [-0.4, -0.2) is 61.4 Å². The molecular weight excluding hydrogens is 368 g/mol. The molecule has 6 heteroatoms. The lowest BCUT2D eigenvalue weighted by molar-refractivity contribution is -0.118. The Morgan fingerprint density at radius 2 is 1.93 bits per heavy atom. The Morgan fingerprint density at radius 3 is 2.52 bits per heavy atom. The minimum atomic E-state index is -0.144. The number of hydrogen-bond acceptors (Lipinski definition) is 5. The first kappa shape index (κ1) is 23.2. The SMILES string of the molecule is COc1cc(/C=C/C(=O)NCC(C)(C)N2C[C@H](C)O[C@@H](C)C2)ccc1OC(C)C. The van der Waals surface area contributed by atoms with Crippen LogP contribution < -0.4 is 14.8 Å². The number of carbonyl (C=O) groups excluding carboxylic acids is 1. The zero-order valence-corrected chi connectivity index (χ0v) is 18.8. The maximum atomic E-state index is 12.3. The summed E-state index contributed by atoms with van der Waals surface area (Å²) in [5.74, 6) is 1.23. The zero-order chi connectivity index (χ0) is 21.6. The molecule has 1 aromatic rings. The molecule has 0 aromatic heterocycles. The van der Waals surface area contributed by atoms with Crippen molar-refractivity contribution in [3.63, 3.8) is 0 Å². The Kier molecular flexibility index (Phi) is 8.11. The molecule has 1 amide bonds. The number of carbonyl (C=O) groups is 1. The number of nitrogens with zero attached hydrogens (tertiary/aromatic N) is 1. The smallest absolute Gasteiger partial charge is 0.244 e. The molecule has 1 fully saturated rings.